The topological polar surface area (TPSA) is 91.7 Å². The highest BCUT2D eigenvalue weighted by Gasteiger charge is 2.30. The van der Waals surface area contributed by atoms with Crippen LogP contribution in [0.4, 0.5) is 0 Å². The first kappa shape index (κ1) is 30.7. The highest BCUT2D eigenvalue weighted by atomic mass is 16.4. The van der Waals surface area contributed by atoms with Gasteiger partial charge in [-0.25, -0.2) is 0 Å². The van der Waals surface area contributed by atoms with E-state index in [1.54, 1.807) is 26.0 Å². The van der Waals surface area contributed by atoms with E-state index < -0.39 is 11.4 Å². The first-order chi connectivity index (χ1) is 16.9. The molecule has 2 aliphatic carbocycles. The molecule has 2 aliphatic rings. The quantitative estimate of drug-likeness (QED) is 0.297. The predicted molar refractivity (Wildman–Crippen MR) is 149 cm³/mol. The molecule has 0 aromatic heterocycles. The molecular formula is C32H46O5. The third-order valence-corrected chi connectivity index (χ3v) is 7.25. The van der Waals surface area contributed by atoms with Gasteiger partial charge in [-0.3, -0.25) is 14.4 Å². The van der Waals surface area contributed by atoms with Crippen LogP contribution in [-0.4, -0.2) is 34.4 Å². The normalized spacial score (nSPS) is 19.9. The molecule has 0 atom stereocenters. The number of Topliss-reactive ketones (excluding diaryl/α,β-unsaturated/α-hetero) is 2. The van der Waals surface area contributed by atoms with E-state index in [4.69, 9.17) is 0 Å². The smallest absolute Gasteiger partial charge is 0.309 e. The number of carbonyl (C=O) groups is 3. The van der Waals surface area contributed by atoms with E-state index in [2.05, 4.69) is 13.8 Å². The highest BCUT2D eigenvalue weighted by molar-refractivity contribution is 6.13. The molecule has 5 heteroatoms. The molecule has 2 N–H and O–H groups in total. The minimum Gasteiger partial charge on any atom is -0.481 e. The van der Waals surface area contributed by atoms with Gasteiger partial charge in [-0.15, -0.1) is 0 Å². The van der Waals surface area contributed by atoms with Crippen molar-refractivity contribution in [2.75, 3.05) is 6.61 Å². The maximum Gasteiger partial charge on any atom is 0.309 e. The second-order valence-electron chi connectivity index (χ2n) is 13.4. The van der Waals surface area contributed by atoms with Crippen molar-refractivity contribution >= 4 is 17.5 Å². The molecule has 0 amide bonds. The molecule has 0 radical (unpaired) electrons. The summed E-state index contributed by atoms with van der Waals surface area (Å²) < 4.78 is 0. The average Bonchev–Trinajstić information content (AvgIpc) is 2.76. The standard InChI is InChI=1S/C32H46O5/c1-29(2,21-33)15-9-11-22-17-30(3,4)19-24(26(22)34)13-14-25-20-31(5,6)18-23(27(25)35)12-10-16-32(7,8)28(36)37/h13-14,17-20,33H,9-12,15-16,21H2,1-8H3,(H,36,37)/b14-13+. The zero-order valence-electron chi connectivity index (χ0n) is 24.0. The van der Waals surface area contributed by atoms with Gasteiger partial charge in [-0.1, -0.05) is 78.0 Å². The Balaban J connectivity index is 2.16. The van der Waals surface area contributed by atoms with Crippen LogP contribution < -0.4 is 0 Å². The van der Waals surface area contributed by atoms with Crippen molar-refractivity contribution < 1.29 is 24.6 Å². The minimum atomic E-state index is -0.834. The molecule has 0 heterocycles. The van der Waals surface area contributed by atoms with Crippen LogP contribution in [0.2, 0.25) is 0 Å². The Kier molecular flexibility index (Phi) is 9.51. The Hall–Kier alpha value is -2.53. The van der Waals surface area contributed by atoms with Crippen LogP contribution in [0.1, 0.15) is 93.9 Å². The number of carbonyl (C=O) groups excluding carboxylic acids is 2. The molecule has 2 rings (SSSR count). The van der Waals surface area contributed by atoms with Crippen LogP contribution >= 0.6 is 0 Å². The van der Waals surface area contributed by atoms with Crippen molar-refractivity contribution in [3.05, 3.63) is 58.7 Å². The molecule has 0 spiro atoms. The van der Waals surface area contributed by atoms with E-state index in [1.165, 1.54) is 0 Å². The van der Waals surface area contributed by atoms with Crippen LogP contribution in [0.15, 0.2) is 58.7 Å². The highest BCUT2D eigenvalue weighted by Crippen LogP contribution is 2.36. The Morgan fingerprint density at radius 1 is 0.784 bits per heavy atom. The summed E-state index contributed by atoms with van der Waals surface area (Å²) in [5.41, 5.74) is 1.05. The summed E-state index contributed by atoms with van der Waals surface area (Å²) in [4.78, 5) is 38.0. The van der Waals surface area contributed by atoms with Crippen molar-refractivity contribution in [2.45, 2.75) is 93.9 Å². The van der Waals surface area contributed by atoms with Crippen LogP contribution in [0, 0.1) is 21.7 Å². The van der Waals surface area contributed by atoms with Gasteiger partial charge in [0.2, 0.25) is 0 Å². The number of allylic oxidation sites excluding steroid dienone is 10. The average molecular weight is 511 g/mol. The summed E-state index contributed by atoms with van der Waals surface area (Å²) >= 11 is 0. The fourth-order valence-electron chi connectivity index (χ4n) is 4.88. The van der Waals surface area contributed by atoms with E-state index in [0.29, 0.717) is 42.4 Å². The molecule has 0 unspecified atom stereocenters. The molecule has 0 aromatic carbocycles. The van der Waals surface area contributed by atoms with Crippen LogP contribution in [0.25, 0.3) is 0 Å². The molecule has 0 aliphatic heterocycles. The van der Waals surface area contributed by atoms with E-state index in [1.807, 2.05) is 52.0 Å². The Labute approximate surface area is 223 Å². The zero-order valence-corrected chi connectivity index (χ0v) is 24.0. The lowest BCUT2D eigenvalue weighted by molar-refractivity contribution is -0.147. The predicted octanol–water partition coefficient (Wildman–Crippen LogP) is 6.94. The lowest BCUT2D eigenvalue weighted by Gasteiger charge is -2.26. The fraction of sp³-hybridized carbons (Fsp3) is 0.594. The van der Waals surface area contributed by atoms with Gasteiger partial charge >= 0.3 is 5.97 Å². The van der Waals surface area contributed by atoms with Gasteiger partial charge in [0.15, 0.2) is 11.6 Å². The number of carboxylic acid groups (broad SMARTS) is 1. The summed E-state index contributed by atoms with van der Waals surface area (Å²) in [5, 5.41) is 18.9. The van der Waals surface area contributed by atoms with Crippen LogP contribution in [0.3, 0.4) is 0 Å². The zero-order chi connectivity index (χ0) is 28.2. The summed E-state index contributed by atoms with van der Waals surface area (Å²) in [6, 6.07) is 0. The fourth-order valence-corrected chi connectivity index (χ4v) is 4.88. The number of carboxylic acids is 1. The lowest BCUT2D eigenvalue weighted by Crippen LogP contribution is -2.24. The van der Waals surface area contributed by atoms with Gasteiger partial charge in [0.05, 0.1) is 5.41 Å². The summed E-state index contributed by atoms with van der Waals surface area (Å²) in [5.74, 6) is -0.903. The van der Waals surface area contributed by atoms with Crippen LogP contribution in [-0.2, 0) is 14.4 Å². The van der Waals surface area contributed by atoms with Gasteiger partial charge in [0, 0.05) is 28.6 Å². The summed E-state index contributed by atoms with van der Waals surface area (Å²) in [6.45, 7) is 15.8. The Morgan fingerprint density at radius 2 is 1.19 bits per heavy atom. The molecule has 0 saturated carbocycles. The van der Waals surface area contributed by atoms with Gasteiger partial charge in [-0.05, 0) is 68.9 Å². The molecule has 0 aromatic rings. The van der Waals surface area contributed by atoms with Crippen molar-refractivity contribution in [1.29, 1.82) is 0 Å². The summed E-state index contributed by atoms with van der Waals surface area (Å²) in [6.07, 6.45) is 15.4. The van der Waals surface area contributed by atoms with Crippen molar-refractivity contribution in [3.63, 3.8) is 0 Å². The molecule has 0 bridgehead atoms. The largest absolute Gasteiger partial charge is 0.481 e. The molecule has 0 fully saturated rings. The number of hydrogen-bond donors (Lipinski definition) is 2. The molecule has 204 valence electrons. The van der Waals surface area contributed by atoms with E-state index >= 15 is 0 Å². The number of rotatable bonds is 12. The monoisotopic (exact) mass is 510 g/mol. The first-order valence-electron chi connectivity index (χ1n) is 13.4. The van der Waals surface area contributed by atoms with E-state index in [-0.39, 0.29) is 34.4 Å². The van der Waals surface area contributed by atoms with Gasteiger partial charge in [-0.2, -0.15) is 0 Å². The lowest BCUT2D eigenvalue weighted by atomic mass is 9.77. The van der Waals surface area contributed by atoms with Gasteiger partial charge in [0.25, 0.3) is 0 Å². The van der Waals surface area contributed by atoms with Crippen molar-refractivity contribution in [2.24, 2.45) is 21.7 Å². The van der Waals surface area contributed by atoms with Gasteiger partial charge < -0.3 is 10.2 Å². The van der Waals surface area contributed by atoms with Gasteiger partial charge in [0.1, 0.15) is 0 Å². The maximum atomic E-state index is 13.3. The number of hydrogen-bond acceptors (Lipinski definition) is 4. The van der Waals surface area contributed by atoms with E-state index in [9.17, 15) is 24.6 Å². The molecule has 5 nitrogen and oxygen atoms in total. The first-order valence-corrected chi connectivity index (χ1v) is 13.4. The van der Waals surface area contributed by atoms with E-state index in [0.717, 1.165) is 18.4 Å². The second-order valence-corrected chi connectivity index (χ2v) is 13.4. The Bertz CT molecular complexity index is 1070. The Morgan fingerprint density at radius 3 is 1.57 bits per heavy atom. The summed E-state index contributed by atoms with van der Waals surface area (Å²) in [7, 11) is 0. The minimum absolute atomic E-state index is 0.00725. The molecule has 37 heavy (non-hydrogen) atoms. The SMILES string of the molecule is CC1(C)C=C(/C=C/C2=CC(C)(C)C=C(CCCC(C)(C)C(=O)O)C2=O)C(=O)C(CCCC(C)(C)CO)=C1. The maximum absolute atomic E-state index is 13.3. The molecular weight excluding hydrogens is 464 g/mol. The third-order valence-electron chi connectivity index (χ3n) is 7.25. The molecule has 0 saturated heterocycles. The number of aliphatic hydroxyl groups excluding tert-OH is 1. The third kappa shape index (κ3) is 8.77. The van der Waals surface area contributed by atoms with Crippen LogP contribution in [0.5, 0.6) is 0 Å². The number of ketones is 2. The van der Waals surface area contributed by atoms with Crippen molar-refractivity contribution in [1.82, 2.24) is 0 Å². The van der Waals surface area contributed by atoms with Crippen molar-refractivity contribution in [3.8, 4) is 0 Å². The number of aliphatic carboxylic acids is 1. The second kappa shape index (κ2) is 11.5. The number of aliphatic hydroxyl groups is 1.